The van der Waals surface area contributed by atoms with Crippen molar-refractivity contribution in [2.45, 2.75) is 0 Å². The predicted octanol–water partition coefficient (Wildman–Crippen LogP) is 11.8. The predicted molar refractivity (Wildman–Crippen MR) is 220 cm³/mol. The number of rotatable bonds is 0. The monoisotopic (exact) mass is 1070 g/mol. The van der Waals surface area contributed by atoms with E-state index >= 15 is 0 Å². The molecule has 0 aliphatic carbocycles. The lowest BCUT2D eigenvalue weighted by atomic mass is 10.1. The fraction of sp³-hybridized carbons (Fsp3) is 0. The standard InChI is InChI=1S/C7H2F4N2.C6H2F5N.C6H3F4N.2C6H4F3N.C6H5F2N.C6H6FN/c8-3-2(1-12)4(9)6(11)7(13)5(3)10;7-1-2(8)4(10)6(12)5(11)3(1)9;7-2-1-3(8)5(10)6(11)4(2)9;7-3-1-5(9)6(10)2-4(3)8;7-3-1-4(8)6(10)5(9)2-3;7-4-1-2-6(9)5(8)3-4;7-5-3-1-2-4-6(5)8/h13H2;12H2;1H,11H2;2*1-2H,10H2;1-3H,9H2;1-4H,8H2. The van der Waals surface area contributed by atoms with Gasteiger partial charge in [-0.1, -0.05) is 12.1 Å². The molecule has 392 valence electrons. The molecule has 0 aliphatic rings. The highest BCUT2D eigenvalue weighted by Gasteiger charge is 2.25. The SMILES string of the molecule is N#Cc1c(F)c(F)c(N)c(F)c1F.Nc1c(F)c(F)c(F)c(F)c1F.Nc1c(F)c(F)cc(F)c1F.Nc1c(F)cc(F)cc1F.Nc1cc(F)c(F)cc1F.Nc1ccc(F)cc1F.Nc1ccccc1F. The minimum Gasteiger partial charge on any atom is -0.396 e. The number of nitrogen functional groups attached to an aromatic ring is 7. The Morgan fingerprint density at radius 2 is 0.603 bits per heavy atom. The summed E-state index contributed by atoms with van der Waals surface area (Å²) in [5.41, 5.74) is 27.8. The van der Waals surface area contributed by atoms with Gasteiger partial charge in [-0.25, -0.2) is 96.6 Å². The summed E-state index contributed by atoms with van der Waals surface area (Å²) in [4.78, 5) is 0. The normalized spacial score (nSPS) is 9.88. The fourth-order valence-electron chi connectivity index (χ4n) is 4.03. The highest BCUT2D eigenvalue weighted by molar-refractivity contribution is 5.49. The molecule has 0 bridgehead atoms. The average Bonchev–Trinajstić information content (AvgIpc) is 3.34. The molecule has 7 rings (SSSR count). The van der Waals surface area contributed by atoms with Crippen LogP contribution in [0.25, 0.3) is 0 Å². The molecule has 73 heavy (non-hydrogen) atoms. The van der Waals surface area contributed by atoms with Crippen molar-refractivity contribution in [3.63, 3.8) is 0 Å². The molecule has 0 aromatic heterocycles. The van der Waals surface area contributed by atoms with Gasteiger partial charge in [0.25, 0.3) is 0 Å². The lowest BCUT2D eigenvalue weighted by Gasteiger charge is -2.02. The van der Waals surface area contributed by atoms with E-state index in [1.807, 2.05) is 0 Å². The molecule has 30 heteroatoms. The second-order valence-electron chi connectivity index (χ2n) is 12.8. The Morgan fingerprint density at radius 3 is 0.973 bits per heavy atom. The molecule has 0 saturated heterocycles. The highest BCUT2D eigenvalue weighted by atomic mass is 19.2. The van der Waals surface area contributed by atoms with Crippen molar-refractivity contribution in [1.82, 2.24) is 0 Å². The van der Waals surface area contributed by atoms with Gasteiger partial charge in [0.1, 0.15) is 63.5 Å². The Morgan fingerprint density at radius 1 is 0.260 bits per heavy atom. The van der Waals surface area contributed by atoms with Gasteiger partial charge in [-0.15, -0.1) is 0 Å². The zero-order chi connectivity index (χ0) is 56.5. The van der Waals surface area contributed by atoms with Crippen molar-refractivity contribution in [3.05, 3.63) is 206 Å². The quantitative estimate of drug-likeness (QED) is 0.0336. The number of hydrogen-bond donors (Lipinski definition) is 7. The third-order valence-corrected chi connectivity index (χ3v) is 7.75. The van der Waals surface area contributed by atoms with Gasteiger partial charge in [-0.3, -0.25) is 0 Å². The first-order valence-electron chi connectivity index (χ1n) is 18.1. The Balaban J connectivity index is 0.000000428. The van der Waals surface area contributed by atoms with E-state index in [0.29, 0.717) is 24.3 Å². The van der Waals surface area contributed by atoms with E-state index in [9.17, 15) is 96.6 Å². The average molecular weight is 1070 g/mol. The molecule has 0 spiro atoms. The number of nitrogens with two attached hydrogens (primary N) is 7. The van der Waals surface area contributed by atoms with Gasteiger partial charge in [0.15, 0.2) is 93.1 Å². The van der Waals surface area contributed by atoms with Gasteiger partial charge >= 0.3 is 0 Å². The Kier molecular flexibility index (Phi) is 23.4. The molecule has 0 heterocycles. The van der Waals surface area contributed by atoms with Crippen molar-refractivity contribution >= 4 is 39.8 Å². The third kappa shape index (κ3) is 17.2. The smallest absolute Gasteiger partial charge is 0.200 e. The van der Waals surface area contributed by atoms with Crippen molar-refractivity contribution in [2.75, 3.05) is 40.1 Å². The molecule has 0 unspecified atom stereocenters. The molecule has 0 amide bonds. The highest BCUT2D eigenvalue weighted by Crippen LogP contribution is 2.26. The van der Waals surface area contributed by atoms with Gasteiger partial charge < -0.3 is 40.1 Å². The van der Waals surface area contributed by atoms with Crippen LogP contribution in [0.15, 0.2) is 72.8 Å². The lowest BCUT2D eigenvalue weighted by Crippen LogP contribution is -2.05. The van der Waals surface area contributed by atoms with Crippen molar-refractivity contribution < 1.29 is 96.6 Å². The van der Waals surface area contributed by atoms with Crippen LogP contribution in [0.5, 0.6) is 0 Å². The largest absolute Gasteiger partial charge is 0.396 e. The van der Waals surface area contributed by atoms with E-state index in [0.717, 1.165) is 18.2 Å². The van der Waals surface area contributed by atoms with Crippen LogP contribution < -0.4 is 40.1 Å². The zero-order valence-corrected chi connectivity index (χ0v) is 35.2. The Hall–Kier alpha value is -8.91. The first-order valence-corrected chi connectivity index (χ1v) is 18.1. The number of para-hydroxylation sites is 1. The number of nitrogens with zero attached hydrogens (tertiary/aromatic N) is 1. The van der Waals surface area contributed by atoms with Crippen LogP contribution in [-0.4, -0.2) is 0 Å². The molecule has 0 saturated carbocycles. The molecule has 7 aromatic carbocycles. The molecule has 0 radical (unpaired) electrons. The van der Waals surface area contributed by atoms with E-state index in [-0.39, 0.29) is 28.9 Å². The number of nitriles is 1. The van der Waals surface area contributed by atoms with E-state index < -0.39 is 150 Å². The first-order chi connectivity index (χ1) is 33.7. The van der Waals surface area contributed by atoms with E-state index in [2.05, 4.69) is 17.2 Å². The van der Waals surface area contributed by atoms with Crippen molar-refractivity contribution in [1.29, 1.82) is 5.26 Å². The lowest BCUT2D eigenvalue weighted by molar-refractivity contribution is 0.382. The second-order valence-corrected chi connectivity index (χ2v) is 12.8. The minimum atomic E-state index is -2.21. The molecule has 8 nitrogen and oxygen atoms in total. The molecular formula is C43H26F22N8. The summed E-state index contributed by atoms with van der Waals surface area (Å²) >= 11 is 0. The maximum atomic E-state index is 12.6. The summed E-state index contributed by atoms with van der Waals surface area (Å²) in [6.45, 7) is 0. The number of halogens is 22. The van der Waals surface area contributed by atoms with Crippen LogP contribution >= 0.6 is 0 Å². The van der Waals surface area contributed by atoms with Crippen LogP contribution in [0.2, 0.25) is 0 Å². The minimum absolute atomic E-state index is 0.0311. The van der Waals surface area contributed by atoms with Gasteiger partial charge in [0.05, 0.1) is 17.1 Å². The second kappa shape index (κ2) is 27.5. The molecule has 0 atom stereocenters. The number of hydrogen-bond acceptors (Lipinski definition) is 8. The van der Waals surface area contributed by atoms with Gasteiger partial charge in [-0.2, -0.15) is 5.26 Å². The van der Waals surface area contributed by atoms with Crippen LogP contribution in [-0.2, 0) is 0 Å². The van der Waals surface area contributed by atoms with E-state index in [4.69, 9.17) is 28.2 Å². The maximum Gasteiger partial charge on any atom is 0.200 e. The van der Waals surface area contributed by atoms with Crippen molar-refractivity contribution in [2.24, 2.45) is 0 Å². The summed E-state index contributed by atoms with van der Waals surface area (Å²) < 4.78 is 270. The van der Waals surface area contributed by atoms with E-state index in [1.165, 1.54) is 18.2 Å². The van der Waals surface area contributed by atoms with Crippen LogP contribution in [0.4, 0.5) is 136 Å². The summed E-state index contributed by atoms with van der Waals surface area (Å²) in [7, 11) is 0. The topological polar surface area (TPSA) is 206 Å². The summed E-state index contributed by atoms with van der Waals surface area (Å²) in [5.74, 6) is -31.6. The molecule has 7 aromatic rings. The fourth-order valence-corrected chi connectivity index (χ4v) is 4.03. The zero-order valence-electron chi connectivity index (χ0n) is 35.2. The number of anilines is 7. The number of benzene rings is 7. The first kappa shape index (κ1) is 62.1. The molecule has 0 aliphatic heterocycles. The third-order valence-electron chi connectivity index (χ3n) is 7.75. The molecule has 0 fully saturated rings. The molecule has 14 N–H and O–H groups in total. The Bertz CT molecular complexity index is 2860. The van der Waals surface area contributed by atoms with Crippen LogP contribution in [0, 0.1) is 139 Å². The van der Waals surface area contributed by atoms with Crippen LogP contribution in [0.1, 0.15) is 5.56 Å². The van der Waals surface area contributed by atoms with Gasteiger partial charge in [-0.05, 0) is 24.3 Å². The Labute approximate surface area is 394 Å². The van der Waals surface area contributed by atoms with Gasteiger partial charge in [0.2, 0.25) is 5.82 Å². The van der Waals surface area contributed by atoms with Crippen molar-refractivity contribution in [3.8, 4) is 6.07 Å². The van der Waals surface area contributed by atoms with E-state index in [1.54, 1.807) is 12.1 Å². The summed E-state index contributed by atoms with van der Waals surface area (Å²) in [5, 5.41) is 8.13. The molecular weight excluding hydrogens is 1050 g/mol. The van der Waals surface area contributed by atoms with Crippen LogP contribution in [0.3, 0.4) is 0 Å². The van der Waals surface area contributed by atoms with Gasteiger partial charge in [0, 0.05) is 36.4 Å². The summed E-state index contributed by atoms with van der Waals surface area (Å²) in [6, 6.07) is 12.3. The maximum absolute atomic E-state index is 12.6. The summed E-state index contributed by atoms with van der Waals surface area (Å²) in [6.07, 6.45) is 0.